The SMILES string of the molecule is CCCCCCN(CCCCCC)c1ccc(-n2c3cc(/C=C(/C#N)C(=O)O)sc3c3sc(-c4ccc5c(c4)C4CCCC4N5c4ccc5c(c4)C(CCC)(CCC)c4ccccc4-5)cc32)cc1. The highest BCUT2D eigenvalue weighted by Crippen LogP contribution is 2.58. The number of carboxylic acid groups (broad SMARTS) is 1. The molecule has 8 heteroatoms. The van der Waals surface area contributed by atoms with Gasteiger partial charge in [-0.3, -0.25) is 0 Å². The lowest BCUT2D eigenvalue weighted by atomic mass is 9.71. The van der Waals surface area contributed by atoms with Gasteiger partial charge >= 0.3 is 5.97 Å². The number of hydrogen-bond acceptors (Lipinski definition) is 6. The summed E-state index contributed by atoms with van der Waals surface area (Å²) in [4.78, 5) is 19.2. The summed E-state index contributed by atoms with van der Waals surface area (Å²) in [7, 11) is 0. The Hall–Kier alpha value is -5.62. The average Bonchev–Trinajstić information content (AvgIpc) is 4.21. The number of thiophene rings is 2. The Morgan fingerprint density at radius 2 is 1.44 bits per heavy atom. The number of hydrogen-bond donors (Lipinski definition) is 1. The van der Waals surface area contributed by atoms with Crippen LogP contribution in [0.25, 0.3) is 53.8 Å². The molecule has 0 spiro atoms. The van der Waals surface area contributed by atoms with Crippen LogP contribution < -0.4 is 9.80 Å². The van der Waals surface area contributed by atoms with E-state index in [2.05, 4.69) is 139 Å². The Balaban J connectivity index is 1.03. The number of aliphatic carboxylic acids is 1. The highest BCUT2D eigenvalue weighted by molar-refractivity contribution is 7.29. The summed E-state index contributed by atoms with van der Waals surface area (Å²) in [6, 6.07) is 39.8. The lowest BCUT2D eigenvalue weighted by molar-refractivity contribution is -0.132. The fraction of sp³-hybridized carbons (Fsp3) is 0.400. The fourth-order valence-electron chi connectivity index (χ4n) is 12.4. The first-order chi connectivity index (χ1) is 33.3. The van der Waals surface area contributed by atoms with Crippen LogP contribution in [0.1, 0.15) is 151 Å². The molecule has 0 radical (unpaired) electrons. The molecular weight excluding hydrogens is 873 g/mol. The third-order valence-electron chi connectivity index (χ3n) is 15.5. The van der Waals surface area contributed by atoms with Crippen LogP contribution in [-0.4, -0.2) is 34.8 Å². The van der Waals surface area contributed by atoms with Crippen molar-refractivity contribution in [2.75, 3.05) is 22.9 Å². The molecule has 1 N–H and O–H groups in total. The Labute approximate surface area is 411 Å². The molecule has 0 bridgehead atoms. The molecule has 3 aromatic heterocycles. The van der Waals surface area contributed by atoms with Crippen molar-refractivity contribution in [2.45, 2.75) is 141 Å². The second-order valence-electron chi connectivity index (χ2n) is 19.7. The van der Waals surface area contributed by atoms with Crippen LogP contribution in [0, 0.1) is 11.3 Å². The van der Waals surface area contributed by atoms with E-state index >= 15 is 0 Å². The van der Waals surface area contributed by atoms with Crippen molar-refractivity contribution in [1.82, 2.24) is 4.57 Å². The zero-order valence-electron chi connectivity index (χ0n) is 40.5. The lowest BCUT2D eigenvalue weighted by Gasteiger charge is -2.33. The molecule has 2 atom stereocenters. The normalized spacial score (nSPS) is 16.9. The van der Waals surface area contributed by atoms with Crippen LogP contribution in [-0.2, 0) is 10.2 Å². The van der Waals surface area contributed by atoms with Crippen molar-refractivity contribution in [3.05, 3.63) is 124 Å². The molecule has 350 valence electrons. The highest BCUT2D eigenvalue weighted by atomic mass is 32.1. The fourth-order valence-corrected chi connectivity index (χ4v) is 14.8. The highest BCUT2D eigenvalue weighted by Gasteiger charge is 2.45. The van der Waals surface area contributed by atoms with E-state index in [4.69, 9.17) is 0 Å². The zero-order chi connectivity index (χ0) is 46.9. The van der Waals surface area contributed by atoms with Crippen LogP contribution in [0.2, 0.25) is 0 Å². The Bertz CT molecular complexity index is 3020. The third-order valence-corrected chi connectivity index (χ3v) is 17.9. The van der Waals surface area contributed by atoms with Gasteiger partial charge in [-0.25, -0.2) is 4.79 Å². The summed E-state index contributed by atoms with van der Waals surface area (Å²) in [5.41, 5.74) is 15.6. The summed E-state index contributed by atoms with van der Waals surface area (Å²) in [5, 5.41) is 19.4. The first-order valence-corrected chi connectivity index (χ1v) is 27.4. The van der Waals surface area contributed by atoms with Crippen LogP contribution in [0.5, 0.6) is 0 Å². The van der Waals surface area contributed by atoms with Gasteiger partial charge in [0, 0.05) is 63.0 Å². The first kappa shape index (κ1) is 46.1. The van der Waals surface area contributed by atoms with E-state index in [0.717, 1.165) is 52.2 Å². The molecule has 3 aliphatic rings. The topological polar surface area (TPSA) is 72.5 Å². The molecule has 6 nitrogen and oxygen atoms in total. The minimum atomic E-state index is -1.20. The number of benzene rings is 4. The number of unbranched alkanes of at least 4 members (excludes halogenated alkanes) is 6. The predicted molar refractivity (Wildman–Crippen MR) is 289 cm³/mol. The van der Waals surface area contributed by atoms with E-state index in [9.17, 15) is 15.2 Å². The van der Waals surface area contributed by atoms with Gasteiger partial charge < -0.3 is 19.5 Å². The molecule has 2 unspecified atom stereocenters. The third kappa shape index (κ3) is 8.17. The maximum absolute atomic E-state index is 11.9. The van der Waals surface area contributed by atoms with Gasteiger partial charge in [0.05, 0.1) is 20.4 Å². The summed E-state index contributed by atoms with van der Waals surface area (Å²) in [5.74, 6) is -0.711. The molecule has 0 amide bonds. The van der Waals surface area contributed by atoms with Gasteiger partial charge in [0.2, 0.25) is 0 Å². The summed E-state index contributed by atoms with van der Waals surface area (Å²) in [6.07, 6.45) is 19.8. The van der Waals surface area contributed by atoms with Crippen LogP contribution in [0.4, 0.5) is 17.1 Å². The van der Waals surface area contributed by atoms with E-state index in [-0.39, 0.29) is 11.0 Å². The van der Waals surface area contributed by atoms with Crippen molar-refractivity contribution in [3.8, 4) is 33.3 Å². The minimum Gasteiger partial charge on any atom is -0.477 e. The standard InChI is InChI=1S/C60H66N4O2S2/c1-5-9-11-15-32-62(33-16-12-10-6-2)42-23-25-43(26-24-42)63-54-37-45(34-41(39-61)59(65)66)67-57(54)58-55(63)38-56(68-58)40-22-29-53-49(35-40)48-19-17-21-52(48)64(53)44-27-28-47-46-18-13-14-20-50(46)60(30-7-3,31-8-4)51(47)36-44/h13-14,18,20,22-29,34-38,48,52H,5-12,15-17,19,21,30-33H2,1-4H3,(H,65,66)/b41-34-. The Morgan fingerprint density at radius 3 is 2.15 bits per heavy atom. The molecule has 2 aliphatic carbocycles. The van der Waals surface area contributed by atoms with E-state index < -0.39 is 5.97 Å². The number of anilines is 3. The summed E-state index contributed by atoms with van der Waals surface area (Å²) >= 11 is 3.39. The van der Waals surface area contributed by atoms with Gasteiger partial charge in [-0.05, 0) is 139 Å². The molecule has 1 fully saturated rings. The zero-order valence-corrected chi connectivity index (χ0v) is 42.1. The van der Waals surface area contributed by atoms with E-state index in [1.165, 1.54) is 150 Å². The quantitative estimate of drug-likeness (QED) is 0.0468. The van der Waals surface area contributed by atoms with E-state index in [1.54, 1.807) is 11.3 Å². The van der Waals surface area contributed by atoms with Gasteiger partial charge in [0.25, 0.3) is 0 Å². The maximum Gasteiger partial charge on any atom is 0.346 e. The molecule has 10 rings (SSSR count). The number of aromatic nitrogens is 1. The second-order valence-corrected chi connectivity index (χ2v) is 21.9. The molecule has 4 aromatic carbocycles. The number of rotatable bonds is 20. The Morgan fingerprint density at radius 1 is 0.750 bits per heavy atom. The molecule has 1 saturated carbocycles. The number of fused-ring (bicyclic) bond motifs is 9. The molecule has 7 aromatic rings. The van der Waals surface area contributed by atoms with E-state index in [0.29, 0.717) is 12.0 Å². The Kier molecular flexibility index (Phi) is 13.4. The number of nitriles is 1. The molecule has 0 saturated heterocycles. The molecular formula is C60H66N4O2S2. The van der Waals surface area contributed by atoms with Gasteiger partial charge in [-0.15, -0.1) is 22.7 Å². The summed E-state index contributed by atoms with van der Waals surface area (Å²) in [6.45, 7) is 11.4. The monoisotopic (exact) mass is 938 g/mol. The van der Waals surface area contributed by atoms with Crippen LogP contribution in [0.15, 0.2) is 103 Å². The van der Waals surface area contributed by atoms with Gasteiger partial charge in [0.15, 0.2) is 0 Å². The number of nitrogens with zero attached hydrogens (tertiary/aromatic N) is 4. The van der Waals surface area contributed by atoms with Gasteiger partial charge in [0.1, 0.15) is 11.6 Å². The number of carbonyl (C=O) groups is 1. The maximum atomic E-state index is 11.9. The van der Waals surface area contributed by atoms with Crippen LogP contribution >= 0.6 is 22.7 Å². The van der Waals surface area contributed by atoms with Gasteiger partial charge in [-0.2, -0.15) is 5.26 Å². The van der Waals surface area contributed by atoms with Crippen molar-refractivity contribution >= 4 is 72.2 Å². The smallest absolute Gasteiger partial charge is 0.346 e. The first-order valence-electron chi connectivity index (χ1n) is 25.8. The van der Waals surface area contributed by atoms with Crippen molar-refractivity contribution in [2.24, 2.45) is 0 Å². The van der Waals surface area contributed by atoms with Crippen molar-refractivity contribution in [3.63, 3.8) is 0 Å². The lowest BCUT2D eigenvalue weighted by Crippen LogP contribution is -2.28. The summed E-state index contributed by atoms with van der Waals surface area (Å²) < 4.78 is 4.66. The molecule has 68 heavy (non-hydrogen) atoms. The second kappa shape index (κ2) is 19.8. The molecule has 1 aliphatic heterocycles. The largest absolute Gasteiger partial charge is 0.477 e. The molecule has 4 heterocycles. The van der Waals surface area contributed by atoms with E-state index in [1.807, 2.05) is 17.4 Å². The van der Waals surface area contributed by atoms with Crippen LogP contribution in [0.3, 0.4) is 0 Å². The minimum absolute atomic E-state index is 0.0539. The number of carboxylic acids is 1. The average molecular weight is 939 g/mol. The predicted octanol–water partition coefficient (Wildman–Crippen LogP) is 17.2. The van der Waals surface area contributed by atoms with Crippen molar-refractivity contribution < 1.29 is 9.90 Å². The van der Waals surface area contributed by atoms with Crippen molar-refractivity contribution in [1.29, 1.82) is 5.26 Å². The van der Waals surface area contributed by atoms with Gasteiger partial charge in [-0.1, -0.05) is 122 Å².